The van der Waals surface area contributed by atoms with Crippen LogP contribution in [0.3, 0.4) is 0 Å². The van der Waals surface area contributed by atoms with E-state index in [0.717, 1.165) is 32.4 Å². The molecule has 1 aliphatic rings. The van der Waals surface area contributed by atoms with Crippen LogP contribution < -0.4 is 5.32 Å². The van der Waals surface area contributed by atoms with Gasteiger partial charge in [0.15, 0.2) is 0 Å². The highest BCUT2D eigenvalue weighted by molar-refractivity contribution is 6.36. The lowest BCUT2D eigenvalue weighted by molar-refractivity contribution is 0.0724. The zero-order valence-corrected chi connectivity index (χ0v) is 15.0. The van der Waals surface area contributed by atoms with Gasteiger partial charge >= 0.3 is 0 Å². The average molecular weight is 378 g/mol. The number of anilines is 1. The number of rotatable bonds is 3. The predicted molar refractivity (Wildman–Crippen MR) is 98.4 cm³/mol. The van der Waals surface area contributed by atoms with Crippen molar-refractivity contribution >= 4 is 40.7 Å². The van der Waals surface area contributed by atoms with E-state index in [2.05, 4.69) is 10.3 Å². The van der Waals surface area contributed by atoms with Gasteiger partial charge in [0.25, 0.3) is 11.8 Å². The fourth-order valence-electron chi connectivity index (χ4n) is 2.75. The van der Waals surface area contributed by atoms with Crippen molar-refractivity contribution in [2.24, 2.45) is 0 Å². The number of benzene rings is 1. The maximum Gasteiger partial charge on any atom is 0.257 e. The van der Waals surface area contributed by atoms with Gasteiger partial charge in [-0.2, -0.15) is 0 Å². The molecule has 0 radical (unpaired) electrons. The van der Waals surface area contributed by atoms with E-state index in [1.165, 1.54) is 12.4 Å². The molecule has 2 aromatic rings. The SMILES string of the molecule is O=C(Nc1ccc(Cl)cc1Cl)c1cncc(C(=O)N2CCCCC2)c1. The highest BCUT2D eigenvalue weighted by Gasteiger charge is 2.20. The van der Waals surface area contributed by atoms with E-state index in [1.807, 2.05) is 0 Å². The summed E-state index contributed by atoms with van der Waals surface area (Å²) in [6.07, 6.45) is 6.07. The third-order valence-corrected chi connectivity index (χ3v) is 4.62. The van der Waals surface area contributed by atoms with E-state index in [0.29, 0.717) is 26.9 Å². The van der Waals surface area contributed by atoms with Crippen molar-refractivity contribution in [1.29, 1.82) is 0 Å². The van der Waals surface area contributed by atoms with Crippen LogP contribution in [0.15, 0.2) is 36.7 Å². The minimum absolute atomic E-state index is 0.0913. The topological polar surface area (TPSA) is 62.3 Å². The molecular weight excluding hydrogens is 361 g/mol. The van der Waals surface area contributed by atoms with Crippen LogP contribution >= 0.6 is 23.2 Å². The number of piperidine rings is 1. The van der Waals surface area contributed by atoms with E-state index < -0.39 is 0 Å². The number of nitrogens with zero attached hydrogens (tertiary/aromatic N) is 2. The van der Waals surface area contributed by atoms with E-state index in [1.54, 1.807) is 29.2 Å². The van der Waals surface area contributed by atoms with Crippen LogP contribution in [0.4, 0.5) is 5.69 Å². The second-order valence-corrected chi connectivity index (χ2v) is 6.74. The monoisotopic (exact) mass is 377 g/mol. The van der Waals surface area contributed by atoms with Crippen molar-refractivity contribution in [3.63, 3.8) is 0 Å². The number of aromatic nitrogens is 1. The van der Waals surface area contributed by atoms with Crippen LogP contribution in [-0.2, 0) is 0 Å². The van der Waals surface area contributed by atoms with Crippen LogP contribution in [0, 0.1) is 0 Å². The zero-order valence-electron chi connectivity index (χ0n) is 13.5. The van der Waals surface area contributed by atoms with E-state index in [4.69, 9.17) is 23.2 Å². The Morgan fingerprint density at radius 1 is 1.00 bits per heavy atom. The van der Waals surface area contributed by atoms with Crippen molar-refractivity contribution in [2.75, 3.05) is 18.4 Å². The Bertz CT molecular complexity index is 805. The molecule has 0 unspecified atom stereocenters. The molecule has 5 nitrogen and oxygen atoms in total. The molecule has 2 amide bonds. The summed E-state index contributed by atoms with van der Waals surface area (Å²) in [6.45, 7) is 1.49. The smallest absolute Gasteiger partial charge is 0.257 e. The number of carbonyl (C=O) groups is 2. The summed E-state index contributed by atoms with van der Waals surface area (Å²) >= 11 is 11.9. The van der Waals surface area contributed by atoms with Crippen LogP contribution in [0.25, 0.3) is 0 Å². The molecule has 130 valence electrons. The van der Waals surface area contributed by atoms with Gasteiger partial charge in [-0.05, 0) is 43.5 Å². The van der Waals surface area contributed by atoms with Crippen LogP contribution in [0.2, 0.25) is 10.0 Å². The van der Waals surface area contributed by atoms with Crippen molar-refractivity contribution in [2.45, 2.75) is 19.3 Å². The van der Waals surface area contributed by atoms with Crippen LogP contribution in [0.5, 0.6) is 0 Å². The van der Waals surface area contributed by atoms with Crippen molar-refractivity contribution in [3.05, 3.63) is 57.8 Å². The summed E-state index contributed by atoms with van der Waals surface area (Å²) in [7, 11) is 0. The quantitative estimate of drug-likeness (QED) is 0.868. The number of nitrogens with one attached hydrogen (secondary N) is 1. The molecule has 3 rings (SSSR count). The lowest BCUT2D eigenvalue weighted by atomic mass is 10.1. The van der Waals surface area contributed by atoms with Crippen molar-refractivity contribution < 1.29 is 9.59 Å². The van der Waals surface area contributed by atoms with E-state index in [9.17, 15) is 9.59 Å². The summed E-state index contributed by atoms with van der Waals surface area (Å²) in [4.78, 5) is 30.8. The normalized spacial score (nSPS) is 14.2. The summed E-state index contributed by atoms with van der Waals surface area (Å²) in [6, 6.07) is 6.37. The molecule has 1 aromatic carbocycles. The maximum absolute atomic E-state index is 12.5. The van der Waals surface area contributed by atoms with Crippen molar-refractivity contribution in [3.8, 4) is 0 Å². The van der Waals surface area contributed by atoms with Crippen LogP contribution in [0.1, 0.15) is 40.0 Å². The number of pyridine rings is 1. The second-order valence-electron chi connectivity index (χ2n) is 5.89. The number of halogens is 2. The largest absolute Gasteiger partial charge is 0.339 e. The molecule has 1 fully saturated rings. The number of hydrogen-bond donors (Lipinski definition) is 1. The van der Waals surface area contributed by atoms with Gasteiger partial charge in [0.2, 0.25) is 0 Å². The maximum atomic E-state index is 12.5. The molecule has 0 atom stereocenters. The van der Waals surface area contributed by atoms with E-state index >= 15 is 0 Å². The van der Waals surface area contributed by atoms with E-state index in [-0.39, 0.29) is 11.8 Å². The Morgan fingerprint density at radius 2 is 1.72 bits per heavy atom. The molecule has 0 spiro atoms. The molecule has 25 heavy (non-hydrogen) atoms. The molecule has 2 heterocycles. The second kappa shape index (κ2) is 7.85. The first-order valence-electron chi connectivity index (χ1n) is 8.05. The Kier molecular flexibility index (Phi) is 5.56. The molecule has 7 heteroatoms. The van der Waals surface area contributed by atoms with Gasteiger partial charge in [0.1, 0.15) is 0 Å². The zero-order chi connectivity index (χ0) is 17.8. The van der Waals surface area contributed by atoms with Gasteiger partial charge in [0.05, 0.1) is 21.8 Å². The van der Waals surface area contributed by atoms with Gasteiger partial charge in [-0.15, -0.1) is 0 Å². The fourth-order valence-corrected chi connectivity index (χ4v) is 3.20. The Balaban J connectivity index is 1.76. The summed E-state index contributed by atoms with van der Waals surface area (Å²) < 4.78 is 0. The van der Waals surface area contributed by atoms with Crippen molar-refractivity contribution in [1.82, 2.24) is 9.88 Å². The van der Waals surface area contributed by atoms with Gasteiger partial charge in [-0.25, -0.2) is 0 Å². The molecule has 1 aromatic heterocycles. The number of likely N-dealkylation sites (tertiary alicyclic amines) is 1. The standard InChI is InChI=1S/C18H17Cl2N3O2/c19-14-4-5-16(15(20)9-14)22-17(24)12-8-13(11-21-10-12)18(25)23-6-2-1-3-7-23/h4-5,8-11H,1-3,6-7H2,(H,22,24). The van der Waals surface area contributed by atoms with Crippen LogP contribution in [-0.4, -0.2) is 34.8 Å². The predicted octanol–water partition coefficient (Wildman–Crippen LogP) is 4.27. The summed E-state index contributed by atoms with van der Waals surface area (Å²) in [5.41, 5.74) is 1.16. The first-order chi connectivity index (χ1) is 12.0. The third kappa shape index (κ3) is 4.30. The first-order valence-corrected chi connectivity index (χ1v) is 8.81. The number of hydrogen-bond acceptors (Lipinski definition) is 3. The summed E-state index contributed by atoms with van der Waals surface area (Å²) in [5.74, 6) is -0.476. The molecule has 0 saturated carbocycles. The molecule has 1 N–H and O–H groups in total. The average Bonchev–Trinajstić information content (AvgIpc) is 2.64. The number of carbonyl (C=O) groups excluding carboxylic acids is 2. The first kappa shape index (κ1) is 17.7. The molecule has 1 aliphatic heterocycles. The number of amides is 2. The fraction of sp³-hybridized carbons (Fsp3) is 0.278. The highest BCUT2D eigenvalue weighted by Crippen LogP contribution is 2.26. The van der Waals surface area contributed by atoms with Gasteiger partial charge < -0.3 is 10.2 Å². The van der Waals surface area contributed by atoms with Gasteiger partial charge in [-0.3, -0.25) is 14.6 Å². The summed E-state index contributed by atoms with van der Waals surface area (Å²) in [5, 5.41) is 3.53. The molecule has 0 aliphatic carbocycles. The lowest BCUT2D eigenvalue weighted by Gasteiger charge is -2.26. The Labute approximate surface area is 155 Å². The molecule has 0 bridgehead atoms. The van der Waals surface area contributed by atoms with Gasteiger partial charge in [0, 0.05) is 30.5 Å². The third-order valence-electron chi connectivity index (χ3n) is 4.07. The molecular formula is C18H17Cl2N3O2. The Morgan fingerprint density at radius 3 is 2.44 bits per heavy atom. The minimum atomic E-state index is -0.384. The highest BCUT2D eigenvalue weighted by atomic mass is 35.5. The lowest BCUT2D eigenvalue weighted by Crippen LogP contribution is -2.35. The van der Waals surface area contributed by atoms with Gasteiger partial charge in [-0.1, -0.05) is 23.2 Å². The minimum Gasteiger partial charge on any atom is -0.339 e. The Hall–Kier alpha value is -2.11. The molecule has 1 saturated heterocycles.